The summed E-state index contributed by atoms with van der Waals surface area (Å²) in [7, 11) is 1.70. The third-order valence-corrected chi connectivity index (χ3v) is 4.38. The normalized spacial score (nSPS) is 10.6. The summed E-state index contributed by atoms with van der Waals surface area (Å²) in [6.07, 6.45) is 0. The molecule has 0 atom stereocenters. The first-order valence-corrected chi connectivity index (χ1v) is 6.68. The van der Waals surface area contributed by atoms with Gasteiger partial charge in [0.05, 0.1) is 7.11 Å². The molecule has 0 radical (unpaired) electrons. The fourth-order valence-electron chi connectivity index (χ4n) is 2.69. The Kier molecular flexibility index (Phi) is 3.66. The second-order valence-electron chi connectivity index (χ2n) is 5.23. The first-order chi connectivity index (χ1) is 8.97. The van der Waals surface area contributed by atoms with E-state index in [4.69, 9.17) is 4.74 Å². The van der Waals surface area contributed by atoms with E-state index in [-0.39, 0.29) is 0 Å². The van der Waals surface area contributed by atoms with E-state index in [2.05, 4.69) is 46.8 Å². The number of methoxy groups -OCH3 is 1. The molecule has 2 aromatic rings. The highest BCUT2D eigenvalue weighted by Gasteiger charge is 2.13. The lowest BCUT2D eigenvalue weighted by Gasteiger charge is -2.19. The molecule has 0 aromatic heterocycles. The van der Waals surface area contributed by atoms with Crippen LogP contribution in [0.2, 0.25) is 0 Å². The third kappa shape index (κ3) is 2.25. The van der Waals surface area contributed by atoms with Gasteiger partial charge in [-0.25, -0.2) is 0 Å². The van der Waals surface area contributed by atoms with E-state index in [1.807, 2.05) is 12.1 Å². The Bertz CT molecular complexity index is 578. The quantitative estimate of drug-likeness (QED) is 0.740. The van der Waals surface area contributed by atoms with Crippen molar-refractivity contribution >= 4 is 0 Å². The Labute approximate surface area is 116 Å². The van der Waals surface area contributed by atoms with Crippen molar-refractivity contribution in [2.45, 2.75) is 34.6 Å². The number of benzene rings is 2. The van der Waals surface area contributed by atoms with Crippen molar-refractivity contribution in [1.29, 1.82) is 0 Å². The summed E-state index contributed by atoms with van der Waals surface area (Å²) in [5, 5.41) is 0. The van der Waals surface area contributed by atoms with Crippen LogP contribution in [0.1, 0.15) is 27.8 Å². The van der Waals surface area contributed by atoms with Gasteiger partial charge in [-0.1, -0.05) is 12.1 Å². The van der Waals surface area contributed by atoms with Gasteiger partial charge < -0.3 is 4.74 Å². The lowest BCUT2D eigenvalue weighted by Crippen LogP contribution is -1.99. The molecule has 0 bridgehead atoms. The molecule has 2 aromatic carbocycles. The van der Waals surface area contributed by atoms with Crippen LogP contribution in [0, 0.1) is 34.6 Å². The second-order valence-corrected chi connectivity index (χ2v) is 5.23. The maximum absolute atomic E-state index is 5.23. The number of hydrogen-bond acceptors (Lipinski definition) is 1. The Morgan fingerprint density at radius 2 is 1.05 bits per heavy atom. The van der Waals surface area contributed by atoms with Gasteiger partial charge in [0.25, 0.3) is 0 Å². The van der Waals surface area contributed by atoms with Crippen LogP contribution in [0.15, 0.2) is 24.3 Å². The van der Waals surface area contributed by atoms with Crippen LogP contribution >= 0.6 is 0 Å². The summed E-state index contributed by atoms with van der Waals surface area (Å²) in [5.74, 6) is 0.902. The minimum atomic E-state index is 0.902. The molecule has 0 saturated carbocycles. The number of rotatable bonds is 2. The van der Waals surface area contributed by atoms with Crippen LogP contribution in [-0.4, -0.2) is 7.11 Å². The van der Waals surface area contributed by atoms with E-state index >= 15 is 0 Å². The van der Waals surface area contributed by atoms with Gasteiger partial charge in [-0.2, -0.15) is 0 Å². The smallest absolute Gasteiger partial charge is 0.118 e. The molecule has 0 heterocycles. The number of ether oxygens (including phenoxy) is 1. The van der Waals surface area contributed by atoms with Crippen molar-refractivity contribution < 1.29 is 4.74 Å². The maximum Gasteiger partial charge on any atom is 0.118 e. The van der Waals surface area contributed by atoms with Crippen molar-refractivity contribution in [1.82, 2.24) is 0 Å². The molecule has 0 unspecified atom stereocenters. The molecule has 0 aliphatic rings. The first-order valence-electron chi connectivity index (χ1n) is 6.68. The average molecular weight is 254 g/mol. The molecule has 2 rings (SSSR count). The van der Waals surface area contributed by atoms with Gasteiger partial charge in [-0.05, 0) is 85.7 Å². The van der Waals surface area contributed by atoms with E-state index in [9.17, 15) is 0 Å². The molecular formula is C18H22O. The van der Waals surface area contributed by atoms with Crippen LogP contribution in [-0.2, 0) is 0 Å². The summed E-state index contributed by atoms with van der Waals surface area (Å²) >= 11 is 0. The fourth-order valence-corrected chi connectivity index (χ4v) is 2.69. The lowest BCUT2D eigenvalue weighted by atomic mass is 9.86. The molecule has 19 heavy (non-hydrogen) atoms. The fraction of sp³-hybridized carbons (Fsp3) is 0.333. The summed E-state index contributed by atoms with van der Waals surface area (Å²) < 4.78 is 5.23. The molecule has 1 heteroatoms. The highest BCUT2D eigenvalue weighted by Crippen LogP contribution is 2.34. The zero-order chi connectivity index (χ0) is 14.2. The predicted octanol–water partition coefficient (Wildman–Crippen LogP) is 4.90. The van der Waals surface area contributed by atoms with E-state index in [1.165, 1.54) is 38.9 Å². The highest BCUT2D eigenvalue weighted by atomic mass is 16.5. The van der Waals surface area contributed by atoms with Gasteiger partial charge in [0.15, 0.2) is 0 Å². The van der Waals surface area contributed by atoms with Crippen molar-refractivity contribution in [2.75, 3.05) is 7.11 Å². The standard InChI is InChI=1S/C18H22O/c1-11-12(2)14(4)18(15(5)13(11)3)16-7-9-17(19-6)10-8-16/h7-10H,1-6H3. The van der Waals surface area contributed by atoms with E-state index in [0.717, 1.165) is 5.75 Å². The first kappa shape index (κ1) is 13.7. The Morgan fingerprint density at radius 1 is 0.632 bits per heavy atom. The van der Waals surface area contributed by atoms with Crippen molar-refractivity contribution in [2.24, 2.45) is 0 Å². The Morgan fingerprint density at radius 3 is 1.47 bits per heavy atom. The van der Waals surface area contributed by atoms with E-state index in [1.54, 1.807) is 7.11 Å². The molecule has 100 valence electrons. The minimum Gasteiger partial charge on any atom is -0.497 e. The van der Waals surface area contributed by atoms with Crippen LogP contribution in [0.5, 0.6) is 5.75 Å². The molecule has 0 saturated heterocycles. The van der Waals surface area contributed by atoms with Gasteiger partial charge >= 0.3 is 0 Å². The summed E-state index contributed by atoms with van der Waals surface area (Å²) in [5.41, 5.74) is 9.59. The molecule has 0 N–H and O–H groups in total. The minimum absolute atomic E-state index is 0.902. The lowest BCUT2D eigenvalue weighted by molar-refractivity contribution is 0.415. The molecule has 1 nitrogen and oxygen atoms in total. The molecule has 0 aliphatic heterocycles. The van der Waals surface area contributed by atoms with Gasteiger partial charge in [-0.15, -0.1) is 0 Å². The van der Waals surface area contributed by atoms with Gasteiger partial charge in [0.1, 0.15) is 5.75 Å². The van der Waals surface area contributed by atoms with Gasteiger partial charge in [0, 0.05) is 0 Å². The monoisotopic (exact) mass is 254 g/mol. The average Bonchev–Trinajstić information content (AvgIpc) is 2.44. The van der Waals surface area contributed by atoms with E-state index in [0.29, 0.717) is 0 Å². The van der Waals surface area contributed by atoms with Crippen molar-refractivity contribution in [3.63, 3.8) is 0 Å². The summed E-state index contributed by atoms with van der Waals surface area (Å²) in [4.78, 5) is 0. The molecular weight excluding hydrogens is 232 g/mol. The summed E-state index contributed by atoms with van der Waals surface area (Å²) in [6, 6.07) is 8.34. The zero-order valence-corrected chi connectivity index (χ0v) is 12.7. The van der Waals surface area contributed by atoms with Crippen LogP contribution in [0.4, 0.5) is 0 Å². The maximum atomic E-state index is 5.23. The van der Waals surface area contributed by atoms with Crippen LogP contribution in [0.25, 0.3) is 11.1 Å². The predicted molar refractivity (Wildman–Crippen MR) is 82.1 cm³/mol. The van der Waals surface area contributed by atoms with Crippen molar-refractivity contribution in [3.8, 4) is 16.9 Å². The van der Waals surface area contributed by atoms with Crippen molar-refractivity contribution in [3.05, 3.63) is 52.1 Å². The molecule has 0 spiro atoms. The Balaban J connectivity index is 2.67. The highest BCUT2D eigenvalue weighted by molar-refractivity contribution is 5.75. The van der Waals surface area contributed by atoms with E-state index < -0.39 is 0 Å². The molecule has 0 fully saturated rings. The zero-order valence-electron chi connectivity index (χ0n) is 12.7. The van der Waals surface area contributed by atoms with Gasteiger partial charge in [-0.3, -0.25) is 0 Å². The summed E-state index contributed by atoms with van der Waals surface area (Å²) in [6.45, 7) is 11.1. The van der Waals surface area contributed by atoms with Crippen LogP contribution in [0.3, 0.4) is 0 Å². The van der Waals surface area contributed by atoms with Gasteiger partial charge in [0.2, 0.25) is 0 Å². The van der Waals surface area contributed by atoms with Crippen LogP contribution < -0.4 is 4.74 Å². The SMILES string of the molecule is COc1ccc(-c2c(C)c(C)c(C)c(C)c2C)cc1. The molecule has 0 aliphatic carbocycles. The topological polar surface area (TPSA) is 9.23 Å². The third-order valence-electron chi connectivity index (χ3n) is 4.38. The largest absolute Gasteiger partial charge is 0.497 e. The number of hydrogen-bond donors (Lipinski definition) is 0. The molecule has 0 amide bonds. The Hall–Kier alpha value is -1.76. The second kappa shape index (κ2) is 5.08.